The van der Waals surface area contributed by atoms with E-state index in [-0.39, 0.29) is 12.5 Å². The average molecular weight is 431 g/mol. The van der Waals surface area contributed by atoms with Gasteiger partial charge in [-0.25, -0.2) is 0 Å². The topological polar surface area (TPSA) is 59.6 Å². The van der Waals surface area contributed by atoms with E-state index in [1.165, 1.54) is 0 Å². The Morgan fingerprint density at radius 3 is 2.03 bits per heavy atom. The van der Waals surface area contributed by atoms with Gasteiger partial charge in [-0.05, 0) is 54.6 Å². The number of hydrogen-bond donors (Lipinski definition) is 2. The highest BCUT2D eigenvalue weighted by atomic mass is 35.5. The molecule has 150 valence electrons. The zero-order valence-electron chi connectivity index (χ0n) is 15.5. The predicted molar refractivity (Wildman–Crippen MR) is 117 cm³/mol. The normalized spacial score (nSPS) is 10.3. The van der Waals surface area contributed by atoms with Crippen LogP contribution in [0.2, 0.25) is 10.0 Å². The molecule has 0 heterocycles. The van der Waals surface area contributed by atoms with E-state index >= 15 is 0 Å². The van der Waals surface area contributed by atoms with Crippen LogP contribution in [0, 0.1) is 0 Å². The van der Waals surface area contributed by atoms with Gasteiger partial charge in [-0.2, -0.15) is 0 Å². The first-order valence-electron chi connectivity index (χ1n) is 8.99. The van der Waals surface area contributed by atoms with Crippen LogP contribution in [0.4, 0.5) is 11.4 Å². The number of nitrogens with one attached hydrogen (secondary N) is 2. The van der Waals surface area contributed by atoms with Crippen LogP contribution in [-0.2, 0) is 4.79 Å². The van der Waals surface area contributed by atoms with Crippen molar-refractivity contribution in [3.8, 4) is 11.5 Å². The molecule has 0 radical (unpaired) electrons. The molecule has 3 aromatic carbocycles. The predicted octanol–water partition coefficient (Wildman–Crippen LogP) is 5.50. The first-order valence-corrected chi connectivity index (χ1v) is 9.75. The van der Waals surface area contributed by atoms with Crippen LogP contribution in [-0.4, -0.2) is 25.7 Å². The molecule has 0 aromatic heterocycles. The number of rotatable bonds is 9. The third-order valence-corrected chi connectivity index (χ3v) is 4.61. The fraction of sp³-hybridized carbons (Fsp3) is 0.136. The Hall–Kier alpha value is -2.89. The van der Waals surface area contributed by atoms with E-state index in [0.29, 0.717) is 34.7 Å². The molecule has 0 aliphatic carbocycles. The van der Waals surface area contributed by atoms with Gasteiger partial charge < -0.3 is 20.1 Å². The van der Waals surface area contributed by atoms with Crippen LogP contribution in [0.5, 0.6) is 11.5 Å². The zero-order valence-corrected chi connectivity index (χ0v) is 17.0. The molecule has 3 aromatic rings. The lowest BCUT2D eigenvalue weighted by Gasteiger charge is -2.10. The van der Waals surface area contributed by atoms with Crippen molar-refractivity contribution in [1.29, 1.82) is 0 Å². The van der Waals surface area contributed by atoms with Crippen LogP contribution >= 0.6 is 23.2 Å². The molecular formula is C22H20Cl2N2O3. The SMILES string of the molecule is O=C(CNc1ccc(Cl)c(Cl)c1)Nc1ccc(OCCOc2ccccc2)cc1. The lowest BCUT2D eigenvalue weighted by atomic mass is 10.3. The van der Waals surface area contributed by atoms with E-state index in [1.807, 2.05) is 30.3 Å². The quantitative estimate of drug-likeness (QED) is 0.439. The molecule has 0 spiro atoms. The lowest BCUT2D eigenvalue weighted by Crippen LogP contribution is -2.21. The van der Waals surface area contributed by atoms with Crippen molar-refractivity contribution < 1.29 is 14.3 Å². The minimum atomic E-state index is -0.180. The van der Waals surface area contributed by atoms with Gasteiger partial charge in [0.15, 0.2) is 0 Å². The second-order valence-corrected chi connectivity index (χ2v) is 6.88. The molecule has 3 rings (SSSR count). The number of para-hydroxylation sites is 1. The number of halogens is 2. The summed E-state index contributed by atoms with van der Waals surface area (Å²) < 4.78 is 11.2. The van der Waals surface area contributed by atoms with Crippen LogP contribution in [0.25, 0.3) is 0 Å². The molecule has 0 aliphatic heterocycles. The summed E-state index contributed by atoms with van der Waals surface area (Å²) in [4.78, 5) is 12.1. The molecule has 0 saturated heterocycles. The first-order chi connectivity index (χ1) is 14.1. The second-order valence-electron chi connectivity index (χ2n) is 6.06. The van der Waals surface area contributed by atoms with Crippen LogP contribution in [0.1, 0.15) is 0 Å². The Morgan fingerprint density at radius 2 is 1.38 bits per heavy atom. The highest BCUT2D eigenvalue weighted by Crippen LogP contribution is 2.25. The van der Waals surface area contributed by atoms with Gasteiger partial charge in [0.05, 0.1) is 16.6 Å². The van der Waals surface area contributed by atoms with Gasteiger partial charge in [0, 0.05) is 11.4 Å². The lowest BCUT2D eigenvalue weighted by molar-refractivity contribution is -0.114. The first kappa shape index (κ1) is 20.8. The van der Waals surface area contributed by atoms with Crippen LogP contribution in [0.15, 0.2) is 72.8 Å². The molecule has 0 atom stereocenters. The molecule has 0 bridgehead atoms. The Labute approximate surface area is 179 Å². The molecule has 1 amide bonds. The van der Waals surface area contributed by atoms with E-state index in [9.17, 15) is 4.79 Å². The molecule has 0 unspecified atom stereocenters. The highest BCUT2D eigenvalue weighted by Gasteiger charge is 2.05. The number of hydrogen-bond acceptors (Lipinski definition) is 4. The maximum Gasteiger partial charge on any atom is 0.243 e. The van der Waals surface area contributed by atoms with Gasteiger partial charge in [-0.1, -0.05) is 41.4 Å². The van der Waals surface area contributed by atoms with Crippen molar-refractivity contribution in [3.63, 3.8) is 0 Å². The number of benzene rings is 3. The molecule has 0 aliphatic rings. The number of ether oxygens (including phenoxy) is 2. The number of carbonyl (C=O) groups excluding carboxylic acids is 1. The number of amides is 1. The Kier molecular flexibility index (Phi) is 7.61. The van der Waals surface area contributed by atoms with Gasteiger partial charge in [-0.3, -0.25) is 4.79 Å². The fourth-order valence-corrected chi connectivity index (χ4v) is 2.76. The van der Waals surface area contributed by atoms with E-state index in [4.69, 9.17) is 32.7 Å². The zero-order chi connectivity index (χ0) is 20.5. The molecular weight excluding hydrogens is 411 g/mol. The van der Waals surface area contributed by atoms with Gasteiger partial charge in [0.2, 0.25) is 5.91 Å². The summed E-state index contributed by atoms with van der Waals surface area (Å²) in [5.74, 6) is 1.33. The third kappa shape index (κ3) is 6.89. The minimum Gasteiger partial charge on any atom is -0.490 e. The van der Waals surface area contributed by atoms with Crippen molar-refractivity contribution in [1.82, 2.24) is 0 Å². The second kappa shape index (κ2) is 10.6. The Balaban J connectivity index is 1.39. The monoisotopic (exact) mass is 430 g/mol. The van der Waals surface area contributed by atoms with Crippen molar-refractivity contribution in [2.75, 3.05) is 30.4 Å². The Morgan fingerprint density at radius 1 is 0.759 bits per heavy atom. The van der Waals surface area contributed by atoms with Gasteiger partial charge in [0.25, 0.3) is 0 Å². The van der Waals surface area contributed by atoms with E-state index in [0.717, 1.165) is 11.4 Å². The average Bonchev–Trinajstić information content (AvgIpc) is 2.74. The smallest absolute Gasteiger partial charge is 0.243 e. The van der Waals surface area contributed by atoms with E-state index in [2.05, 4.69) is 10.6 Å². The molecule has 2 N–H and O–H groups in total. The van der Waals surface area contributed by atoms with Crippen molar-refractivity contribution in [2.45, 2.75) is 0 Å². The maximum atomic E-state index is 12.1. The fourth-order valence-electron chi connectivity index (χ4n) is 2.46. The largest absolute Gasteiger partial charge is 0.490 e. The van der Waals surface area contributed by atoms with Crippen LogP contribution < -0.4 is 20.1 Å². The summed E-state index contributed by atoms with van der Waals surface area (Å²) in [7, 11) is 0. The minimum absolute atomic E-state index is 0.104. The van der Waals surface area contributed by atoms with Gasteiger partial charge >= 0.3 is 0 Å². The summed E-state index contributed by atoms with van der Waals surface area (Å²) in [5.41, 5.74) is 1.40. The molecule has 7 heteroatoms. The van der Waals surface area contributed by atoms with Gasteiger partial charge in [0.1, 0.15) is 24.7 Å². The van der Waals surface area contributed by atoms with E-state index in [1.54, 1.807) is 42.5 Å². The summed E-state index contributed by atoms with van der Waals surface area (Å²) in [6.45, 7) is 0.976. The molecule has 0 fully saturated rings. The van der Waals surface area contributed by atoms with Crippen molar-refractivity contribution in [3.05, 3.63) is 82.8 Å². The summed E-state index contributed by atoms with van der Waals surface area (Å²) >= 11 is 11.8. The van der Waals surface area contributed by atoms with Crippen molar-refractivity contribution >= 4 is 40.5 Å². The molecule has 5 nitrogen and oxygen atoms in total. The van der Waals surface area contributed by atoms with Crippen LogP contribution in [0.3, 0.4) is 0 Å². The molecule has 29 heavy (non-hydrogen) atoms. The maximum absolute atomic E-state index is 12.1. The highest BCUT2D eigenvalue weighted by molar-refractivity contribution is 6.42. The third-order valence-electron chi connectivity index (χ3n) is 3.87. The molecule has 0 saturated carbocycles. The summed E-state index contributed by atoms with van der Waals surface area (Å²) in [5, 5.41) is 6.71. The number of carbonyl (C=O) groups is 1. The van der Waals surface area contributed by atoms with Crippen molar-refractivity contribution in [2.24, 2.45) is 0 Å². The van der Waals surface area contributed by atoms with E-state index < -0.39 is 0 Å². The summed E-state index contributed by atoms with van der Waals surface area (Å²) in [6.07, 6.45) is 0. The summed E-state index contributed by atoms with van der Waals surface area (Å²) in [6, 6.07) is 21.8. The Bertz CT molecular complexity index is 935. The number of anilines is 2. The standard InChI is InChI=1S/C22H20Cl2N2O3/c23-20-11-8-17(14-21(20)24)25-15-22(27)26-16-6-9-19(10-7-16)29-13-12-28-18-4-2-1-3-5-18/h1-11,14,25H,12-13,15H2,(H,26,27). The van der Waals surface area contributed by atoms with Gasteiger partial charge in [-0.15, -0.1) is 0 Å².